The number of hydrogen-bond acceptors (Lipinski definition) is 0. The molecule has 0 N–H and O–H groups in total. The lowest BCUT2D eigenvalue weighted by molar-refractivity contribution is -0.960. The zero-order valence-electron chi connectivity index (χ0n) is 16.6. The van der Waals surface area contributed by atoms with Gasteiger partial charge < -0.3 is 4.48 Å². The molecule has 0 aliphatic rings. The second-order valence-electron chi connectivity index (χ2n) is 8.91. The highest BCUT2D eigenvalue weighted by Crippen LogP contribution is 2.35. The van der Waals surface area contributed by atoms with Crippen LogP contribution in [0.25, 0.3) is 0 Å². The van der Waals surface area contributed by atoms with Gasteiger partial charge in [-0.15, -0.1) is 0 Å². The molecule has 1 nitrogen and oxygen atoms in total. The number of unbranched alkanes of at least 4 members (excludes halogenated alkanes) is 1. The van der Waals surface area contributed by atoms with E-state index in [-0.39, 0.29) is 0 Å². The molecule has 0 aromatic rings. The minimum atomic E-state index is 0.374. The summed E-state index contributed by atoms with van der Waals surface area (Å²) in [4.78, 5) is 0. The third kappa shape index (κ3) is 6.72. The van der Waals surface area contributed by atoms with Crippen LogP contribution in [0.5, 0.6) is 0 Å². The summed E-state index contributed by atoms with van der Waals surface area (Å²) in [5.74, 6) is 2.41. The fourth-order valence-corrected chi connectivity index (χ4v) is 3.17. The molecule has 1 unspecified atom stereocenters. The molecule has 0 spiro atoms. The van der Waals surface area contributed by atoms with Crippen molar-refractivity contribution in [1.82, 2.24) is 0 Å². The second-order valence-corrected chi connectivity index (χ2v) is 8.91. The van der Waals surface area contributed by atoms with Gasteiger partial charge in [0.2, 0.25) is 0 Å². The van der Waals surface area contributed by atoms with Crippen molar-refractivity contribution >= 4 is 0 Å². The fraction of sp³-hybridized carbons (Fsp3) is 1.00. The Hall–Kier alpha value is -0.0400. The summed E-state index contributed by atoms with van der Waals surface area (Å²) in [6, 6.07) is 0. The Morgan fingerprint density at radius 1 is 0.810 bits per heavy atom. The van der Waals surface area contributed by atoms with Crippen molar-refractivity contribution in [2.24, 2.45) is 17.8 Å². The third-order valence-electron chi connectivity index (χ3n) is 5.99. The zero-order valence-corrected chi connectivity index (χ0v) is 16.6. The molecule has 0 saturated carbocycles. The molecule has 0 bridgehead atoms. The maximum Gasteiger partial charge on any atom is 0.0959 e. The van der Waals surface area contributed by atoms with Crippen LogP contribution in [0, 0.1) is 17.8 Å². The van der Waals surface area contributed by atoms with Crippen LogP contribution in [0.4, 0.5) is 0 Å². The first-order valence-electron chi connectivity index (χ1n) is 9.41. The van der Waals surface area contributed by atoms with E-state index in [0.717, 1.165) is 17.8 Å². The van der Waals surface area contributed by atoms with Gasteiger partial charge in [0.15, 0.2) is 0 Å². The highest BCUT2D eigenvalue weighted by Gasteiger charge is 2.43. The van der Waals surface area contributed by atoms with Crippen molar-refractivity contribution in [2.75, 3.05) is 20.1 Å². The van der Waals surface area contributed by atoms with Crippen LogP contribution < -0.4 is 0 Å². The van der Waals surface area contributed by atoms with Gasteiger partial charge in [-0.1, -0.05) is 54.4 Å². The van der Waals surface area contributed by atoms with E-state index in [9.17, 15) is 0 Å². The molecular formula is C20H44N+. The Balaban J connectivity index is 5.03. The molecule has 0 heterocycles. The molecule has 0 fully saturated rings. The fourth-order valence-electron chi connectivity index (χ4n) is 3.17. The number of quaternary nitrogens is 1. The smallest absolute Gasteiger partial charge is 0.0959 e. The first-order valence-corrected chi connectivity index (χ1v) is 9.41. The first-order chi connectivity index (χ1) is 9.56. The van der Waals surface area contributed by atoms with E-state index in [0.29, 0.717) is 5.54 Å². The van der Waals surface area contributed by atoms with Crippen LogP contribution in [0.3, 0.4) is 0 Å². The summed E-state index contributed by atoms with van der Waals surface area (Å²) in [6.07, 6.45) is 6.76. The topological polar surface area (TPSA) is 0 Å². The molecular weight excluding hydrogens is 254 g/mol. The van der Waals surface area contributed by atoms with Crippen molar-refractivity contribution in [3.63, 3.8) is 0 Å². The van der Waals surface area contributed by atoms with E-state index in [4.69, 9.17) is 0 Å². The largest absolute Gasteiger partial charge is 0.321 e. The number of rotatable bonds is 11. The van der Waals surface area contributed by atoms with Gasteiger partial charge in [0.1, 0.15) is 0 Å². The summed E-state index contributed by atoms with van der Waals surface area (Å²) in [5.41, 5.74) is 0.374. The third-order valence-corrected chi connectivity index (χ3v) is 5.99. The molecule has 128 valence electrons. The van der Waals surface area contributed by atoms with Gasteiger partial charge in [0, 0.05) is 5.92 Å². The van der Waals surface area contributed by atoms with Crippen LogP contribution in [0.15, 0.2) is 0 Å². The minimum Gasteiger partial charge on any atom is -0.321 e. The lowest BCUT2D eigenvalue weighted by Crippen LogP contribution is -2.63. The summed E-state index contributed by atoms with van der Waals surface area (Å²) in [7, 11) is 2.52. The number of nitrogens with zero attached hydrogens (tertiary/aromatic N) is 1. The molecule has 0 aliphatic heterocycles. The minimum absolute atomic E-state index is 0.374. The van der Waals surface area contributed by atoms with Gasteiger partial charge in [-0.3, -0.25) is 0 Å². The van der Waals surface area contributed by atoms with Crippen molar-refractivity contribution in [3.05, 3.63) is 0 Å². The van der Waals surface area contributed by atoms with E-state index in [1.54, 1.807) is 0 Å². The summed E-state index contributed by atoms with van der Waals surface area (Å²) < 4.78 is 1.24. The SMILES string of the molecule is CCCCC(C)C(C)(C)[N+](C)(CCC(C)C)CCC(C)C. The molecule has 0 rings (SSSR count). The molecule has 21 heavy (non-hydrogen) atoms. The van der Waals surface area contributed by atoms with Gasteiger partial charge in [0.05, 0.1) is 25.7 Å². The predicted molar refractivity (Wildman–Crippen MR) is 97.6 cm³/mol. The van der Waals surface area contributed by atoms with E-state index in [1.807, 2.05) is 0 Å². The Kier molecular flexibility index (Phi) is 9.16. The Morgan fingerprint density at radius 3 is 1.57 bits per heavy atom. The maximum absolute atomic E-state index is 2.52. The molecule has 0 radical (unpaired) electrons. The van der Waals surface area contributed by atoms with Gasteiger partial charge in [-0.2, -0.15) is 0 Å². The molecule has 0 amide bonds. The molecule has 0 saturated heterocycles. The van der Waals surface area contributed by atoms with Crippen LogP contribution in [-0.2, 0) is 0 Å². The van der Waals surface area contributed by atoms with Gasteiger partial charge >= 0.3 is 0 Å². The predicted octanol–water partition coefficient (Wildman–Crippen LogP) is 6.13. The van der Waals surface area contributed by atoms with Crippen molar-refractivity contribution in [1.29, 1.82) is 0 Å². The summed E-state index contributed by atoms with van der Waals surface area (Å²) >= 11 is 0. The highest BCUT2D eigenvalue weighted by atomic mass is 15.4. The second kappa shape index (κ2) is 9.18. The Labute approximate surface area is 136 Å². The lowest BCUT2D eigenvalue weighted by Gasteiger charge is -2.51. The van der Waals surface area contributed by atoms with E-state index in [2.05, 4.69) is 62.4 Å². The zero-order chi connectivity index (χ0) is 16.7. The van der Waals surface area contributed by atoms with E-state index >= 15 is 0 Å². The van der Waals surface area contributed by atoms with Gasteiger partial charge in [0.25, 0.3) is 0 Å². The van der Waals surface area contributed by atoms with Gasteiger partial charge in [-0.25, -0.2) is 0 Å². The summed E-state index contributed by atoms with van der Waals surface area (Å²) in [6.45, 7) is 21.9. The first kappa shape index (κ1) is 21.0. The molecule has 1 heteroatoms. The Morgan fingerprint density at radius 2 is 1.24 bits per heavy atom. The molecule has 0 aromatic heterocycles. The normalized spacial score (nSPS) is 15.0. The quantitative estimate of drug-likeness (QED) is 0.402. The molecule has 1 atom stereocenters. The van der Waals surface area contributed by atoms with Crippen LogP contribution in [0.1, 0.15) is 87.5 Å². The van der Waals surface area contributed by atoms with Crippen molar-refractivity contribution in [2.45, 2.75) is 93.0 Å². The Bertz CT molecular complexity index is 253. The monoisotopic (exact) mass is 298 g/mol. The number of hydrogen-bond donors (Lipinski definition) is 0. The van der Waals surface area contributed by atoms with Crippen molar-refractivity contribution in [3.8, 4) is 0 Å². The standard InChI is InChI=1S/C20H44N/c1-10-11-12-19(6)20(7,8)21(9,15-13-17(2)3)16-14-18(4)5/h17-19H,10-16H2,1-9H3/q+1. The average molecular weight is 299 g/mol. The molecule has 0 aliphatic carbocycles. The van der Waals surface area contributed by atoms with Crippen molar-refractivity contribution < 1.29 is 4.48 Å². The highest BCUT2D eigenvalue weighted by molar-refractivity contribution is 4.78. The molecule has 0 aromatic carbocycles. The lowest BCUT2D eigenvalue weighted by atomic mass is 9.81. The maximum atomic E-state index is 2.52. The van der Waals surface area contributed by atoms with Crippen LogP contribution >= 0.6 is 0 Å². The van der Waals surface area contributed by atoms with Crippen LogP contribution in [-0.4, -0.2) is 30.2 Å². The van der Waals surface area contributed by atoms with Gasteiger partial charge in [-0.05, 0) is 44.9 Å². The van der Waals surface area contributed by atoms with Crippen LogP contribution in [0.2, 0.25) is 0 Å². The van der Waals surface area contributed by atoms with E-state index < -0.39 is 0 Å². The summed E-state index contributed by atoms with van der Waals surface area (Å²) in [5, 5.41) is 0. The average Bonchev–Trinajstić information content (AvgIpc) is 2.39. The van der Waals surface area contributed by atoms with E-state index in [1.165, 1.54) is 49.7 Å².